The third-order valence-electron chi connectivity index (χ3n) is 7.92. The fraction of sp³-hybridized carbons (Fsp3) is 0.414. The predicted octanol–water partition coefficient (Wildman–Crippen LogP) is 3.95. The molecule has 4 aliphatic rings. The van der Waals surface area contributed by atoms with Crippen molar-refractivity contribution in [2.45, 2.75) is 13.0 Å². The summed E-state index contributed by atoms with van der Waals surface area (Å²) in [6.45, 7) is 9.32. The van der Waals surface area contributed by atoms with Crippen LogP contribution in [0.2, 0.25) is 5.02 Å². The Morgan fingerprint density at radius 1 is 0.921 bits per heavy atom. The molecule has 200 valence electrons. The summed E-state index contributed by atoms with van der Waals surface area (Å²) < 4.78 is 18.9. The zero-order chi connectivity index (χ0) is 26.1. The van der Waals surface area contributed by atoms with Crippen LogP contribution in [0.15, 0.2) is 74.6 Å². The van der Waals surface area contributed by atoms with Crippen LogP contribution in [0.3, 0.4) is 0 Å². The highest BCUT2D eigenvalue weighted by Gasteiger charge is 2.36. The van der Waals surface area contributed by atoms with Crippen LogP contribution in [0, 0.1) is 0 Å². The summed E-state index contributed by atoms with van der Waals surface area (Å²) in [6.07, 6.45) is 2.84. The van der Waals surface area contributed by atoms with Crippen molar-refractivity contribution < 1.29 is 8.95 Å². The normalized spacial score (nSPS) is 22.2. The van der Waals surface area contributed by atoms with Gasteiger partial charge in [0.1, 0.15) is 21.6 Å². The van der Waals surface area contributed by atoms with E-state index in [-0.39, 0.29) is 0 Å². The summed E-state index contributed by atoms with van der Waals surface area (Å²) in [6, 6.07) is 16.3. The molecule has 1 unspecified atom stereocenters. The minimum absolute atomic E-state index is 0.740. The molecular weight excluding hydrogens is 518 g/mol. The average Bonchev–Trinajstić information content (AvgIpc) is 3.24. The van der Waals surface area contributed by atoms with Crippen LogP contribution in [-0.2, 0) is 17.3 Å². The van der Waals surface area contributed by atoms with E-state index >= 15 is 0 Å². The van der Waals surface area contributed by atoms with Gasteiger partial charge in [-0.1, -0.05) is 35.9 Å². The standard InChI is InChI=1S/C29H34ClN5O2S/c1-37-27-5-3-2-4-26(27)35-16-14-32(15-17-35)12-13-34-19-25-24-10-11-33(18-22-6-8-23(30)9-7-22)20-28(24)38(36)29(25)31-21-34/h2-9,21H,10-20H2,1H3. The number of para-hydroxylation sites is 2. The van der Waals surface area contributed by atoms with Gasteiger partial charge in [0.2, 0.25) is 0 Å². The zero-order valence-corrected chi connectivity index (χ0v) is 23.4. The molecule has 38 heavy (non-hydrogen) atoms. The highest BCUT2D eigenvalue weighted by molar-refractivity contribution is 7.93. The molecule has 0 bridgehead atoms. The first-order chi connectivity index (χ1) is 18.6. The van der Waals surface area contributed by atoms with E-state index < -0.39 is 10.8 Å². The molecule has 1 atom stereocenters. The number of nitrogens with zero attached hydrogens (tertiary/aromatic N) is 5. The maximum Gasteiger partial charge on any atom is 0.142 e. The molecule has 4 heterocycles. The maximum absolute atomic E-state index is 13.3. The number of fused-ring (bicyclic) bond motifs is 1. The molecule has 0 N–H and O–H groups in total. The lowest BCUT2D eigenvalue weighted by Crippen LogP contribution is -2.48. The molecule has 1 fully saturated rings. The first kappa shape index (κ1) is 25.6. The number of anilines is 1. The van der Waals surface area contributed by atoms with E-state index in [0.717, 1.165) is 92.6 Å². The maximum atomic E-state index is 13.3. The Labute approximate surface area is 232 Å². The average molecular weight is 552 g/mol. The molecular formula is C29H34ClN5O2S. The Kier molecular flexibility index (Phi) is 7.56. The molecule has 9 heteroatoms. The van der Waals surface area contributed by atoms with Gasteiger partial charge in [0.05, 0.1) is 19.1 Å². The van der Waals surface area contributed by atoms with Crippen molar-refractivity contribution >= 4 is 34.4 Å². The second kappa shape index (κ2) is 11.2. The van der Waals surface area contributed by atoms with Gasteiger partial charge in [0.25, 0.3) is 0 Å². The van der Waals surface area contributed by atoms with Gasteiger partial charge in [-0.15, -0.1) is 0 Å². The third kappa shape index (κ3) is 5.27. The minimum Gasteiger partial charge on any atom is -0.495 e. The fourth-order valence-corrected chi connectivity index (χ4v) is 7.46. The second-order valence-electron chi connectivity index (χ2n) is 10.3. The second-order valence-corrected chi connectivity index (χ2v) is 12.1. The summed E-state index contributed by atoms with van der Waals surface area (Å²) in [5, 5.41) is 1.54. The lowest BCUT2D eigenvalue weighted by Gasteiger charge is -2.37. The molecule has 0 aromatic heterocycles. The van der Waals surface area contributed by atoms with Crippen LogP contribution >= 0.6 is 11.6 Å². The van der Waals surface area contributed by atoms with Crippen molar-refractivity contribution in [3.8, 4) is 5.75 Å². The lowest BCUT2D eigenvalue weighted by molar-refractivity contribution is 0.237. The molecule has 0 saturated carbocycles. The van der Waals surface area contributed by atoms with E-state index in [0.29, 0.717) is 0 Å². The first-order valence-electron chi connectivity index (χ1n) is 13.3. The number of halogens is 1. The molecule has 4 aliphatic heterocycles. The summed E-state index contributed by atoms with van der Waals surface area (Å²) in [4.78, 5) is 15.4. The largest absolute Gasteiger partial charge is 0.495 e. The van der Waals surface area contributed by atoms with Gasteiger partial charge in [0, 0.05) is 80.9 Å². The zero-order valence-electron chi connectivity index (χ0n) is 21.8. The number of hydrogen-bond acceptors (Lipinski definition) is 7. The van der Waals surface area contributed by atoms with Crippen molar-refractivity contribution in [3.05, 3.63) is 80.2 Å². The topological polar surface area (TPSA) is 51.6 Å². The summed E-state index contributed by atoms with van der Waals surface area (Å²) >= 11 is 6.04. The van der Waals surface area contributed by atoms with E-state index in [4.69, 9.17) is 21.3 Å². The highest BCUT2D eigenvalue weighted by Crippen LogP contribution is 2.40. The Bertz CT molecular complexity index is 1300. The van der Waals surface area contributed by atoms with Gasteiger partial charge in [-0.3, -0.25) is 9.80 Å². The highest BCUT2D eigenvalue weighted by atomic mass is 35.5. The third-order valence-corrected chi connectivity index (χ3v) is 9.70. The van der Waals surface area contributed by atoms with E-state index in [1.165, 1.54) is 22.4 Å². The number of hydrogen-bond donors (Lipinski definition) is 0. The van der Waals surface area contributed by atoms with Crippen molar-refractivity contribution in [2.75, 3.05) is 70.9 Å². The Balaban J connectivity index is 1.02. The predicted molar refractivity (Wildman–Crippen MR) is 155 cm³/mol. The van der Waals surface area contributed by atoms with E-state index in [9.17, 15) is 4.21 Å². The number of methoxy groups -OCH3 is 1. The van der Waals surface area contributed by atoms with Crippen molar-refractivity contribution in [2.24, 2.45) is 4.99 Å². The molecule has 0 amide bonds. The van der Waals surface area contributed by atoms with Gasteiger partial charge >= 0.3 is 0 Å². The van der Waals surface area contributed by atoms with Crippen LogP contribution in [0.25, 0.3) is 0 Å². The van der Waals surface area contributed by atoms with Crippen LogP contribution in [0.5, 0.6) is 5.75 Å². The minimum atomic E-state index is -1.14. The van der Waals surface area contributed by atoms with Crippen LogP contribution in [0.1, 0.15) is 12.0 Å². The summed E-state index contributed by atoms with van der Waals surface area (Å²) in [5.74, 6) is 0.938. The van der Waals surface area contributed by atoms with Crippen LogP contribution in [-0.4, -0.2) is 91.3 Å². The Hall–Kier alpha value is -2.65. The smallest absolute Gasteiger partial charge is 0.142 e. The van der Waals surface area contributed by atoms with Crippen LogP contribution in [0.4, 0.5) is 5.69 Å². The van der Waals surface area contributed by atoms with Crippen molar-refractivity contribution in [3.63, 3.8) is 0 Å². The molecule has 2 aromatic rings. The number of benzene rings is 2. The number of piperazine rings is 1. The number of ether oxygens (including phenoxy) is 1. The van der Waals surface area contributed by atoms with Gasteiger partial charge in [0.15, 0.2) is 0 Å². The Morgan fingerprint density at radius 3 is 2.50 bits per heavy atom. The molecule has 7 nitrogen and oxygen atoms in total. The number of aliphatic imine (C=N–C) groups is 1. The molecule has 6 rings (SSSR count). The first-order valence-corrected chi connectivity index (χ1v) is 14.8. The van der Waals surface area contributed by atoms with Crippen molar-refractivity contribution in [1.82, 2.24) is 14.7 Å². The molecule has 1 saturated heterocycles. The van der Waals surface area contributed by atoms with Gasteiger partial charge in [-0.05, 0) is 41.8 Å². The van der Waals surface area contributed by atoms with Crippen molar-refractivity contribution in [1.29, 1.82) is 0 Å². The Morgan fingerprint density at radius 2 is 1.71 bits per heavy atom. The van der Waals surface area contributed by atoms with E-state index in [2.05, 4.69) is 43.9 Å². The van der Waals surface area contributed by atoms with Crippen LogP contribution < -0.4 is 9.64 Å². The molecule has 0 spiro atoms. The lowest BCUT2D eigenvalue weighted by atomic mass is 9.98. The van der Waals surface area contributed by atoms with Gasteiger partial charge in [-0.2, -0.15) is 0 Å². The molecule has 0 aliphatic carbocycles. The monoisotopic (exact) mass is 551 g/mol. The molecule has 0 radical (unpaired) electrons. The SMILES string of the molecule is COc1ccccc1N1CCN(CCN2C=NC3=C(C2)C2=C(CN(Cc4ccc(Cl)cc4)CC2)S3=O)CC1. The summed E-state index contributed by atoms with van der Waals surface area (Å²) in [5.41, 5.74) is 4.90. The molecule has 2 aromatic carbocycles. The quantitative estimate of drug-likeness (QED) is 0.519. The van der Waals surface area contributed by atoms with E-state index in [1.54, 1.807) is 7.11 Å². The number of rotatable bonds is 7. The van der Waals surface area contributed by atoms with E-state index in [1.807, 2.05) is 30.6 Å². The fourth-order valence-electron chi connectivity index (χ4n) is 5.79. The summed E-state index contributed by atoms with van der Waals surface area (Å²) in [7, 11) is 0.595. The van der Waals surface area contributed by atoms with Gasteiger partial charge in [-0.25, -0.2) is 9.20 Å². The van der Waals surface area contributed by atoms with Gasteiger partial charge < -0.3 is 14.5 Å².